The fraction of sp³-hybridized carbons (Fsp3) is 1.00. The molecule has 4 unspecified atom stereocenters. The first-order valence-electron chi connectivity index (χ1n) is 3.55. The Balaban J connectivity index is 2.48. The van der Waals surface area contributed by atoms with Crippen LogP contribution in [0.25, 0.3) is 0 Å². The number of hydrogen-bond donors (Lipinski definition) is 1. The van der Waals surface area contributed by atoms with Crippen LogP contribution in [0.2, 0.25) is 0 Å². The van der Waals surface area contributed by atoms with Crippen LogP contribution in [0.3, 0.4) is 0 Å². The van der Waals surface area contributed by atoms with Crippen LogP contribution in [-0.2, 0) is 0 Å². The molecule has 10 heavy (non-hydrogen) atoms. The summed E-state index contributed by atoms with van der Waals surface area (Å²) in [5, 5.41) is 0.199. The average Bonchev–Trinajstić information content (AvgIpc) is 2.43. The van der Waals surface area contributed by atoms with Gasteiger partial charge < -0.3 is 5.73 Å². The van der Waals surface area contributed by atoms with Crippen molar-refractivity contribution < 1.29 is 0 Å². The molecule has 0 aromatic carbocycles. The molecule has 0 aromatic heterocycles. The van der Waals surface area contributed by atoms with Gasteiger partial charge in [-0.3, -0.25) is 0 Å². The summed E-state index contributed by atoms with van der Waals surface area (Å²) in [6.45, 7) is 3.90. The van der Waals surface area contributed by atoms with Gasteiger partial charge in [-0.2, -0.15) is 0 Å². The summed E-state index contributed by atoms with van der Waals surface area (Å²) in [5.41, 5.74) is 5.74. The highest BCUT2D eigenvalue weighted by molar-refractivity contribution is 6.23. The molecule has 2 N–H and O–H groups in total. The van der Waals surface area contributed by atoms with Crippen molar-refractivity contribution in [3.63, 3.8) is 0 Å². The van der Waals surface area contributed by atoms with Gasteiger partial charge in [0.1, 0.15) is 0 Å². The first-order valence-corrected chi connectivity index (χ1v) is 4.43. The number of rotatable bonds is 2. The monoisotopic (exact) mass is 181 g/mol. The minimum atomic E-state index is -0.178. The Morgan fingerprint density at radius 3 is 2.10 bits per heavy atom. The van der Waals surface area contributed by atoms with Crippen molar-refractivity contribution in [2.45, 2.75) is 36.6 Å². The van der Waals surface area contributed by atoms with Gasteiger partial charge in [-0.05, 0) is 26.2 Å². The molecule has 0 saturated heterocycles. The van der Waals surface area contributed by atoms with Crippen molar-refractivity contribution in [1.29, 1.82) is 0 Å². The fourth-order valence-electron chi connectivity index (χ4n) is 1.37. The summed E-state index contributed by atoms with van der Waals surface area (Å²) in [5.74, 6) is 0.418. The molecule has 0 amide bonds. The first-order chi connectivity index (χ1) is 4.48. The van der Waals surface area contributed by atoms with E-state index in [0.717, 1.165) is 6.42 Å². The third-order valence-electron chi connectivity index (χ3n) is 2.40. The van der Waals surface area contributed by atoms with Crippen LogP contribution in [0, 0.1) is 5.92 Å². The largest absolute Gasteiger partial charge is 0.324 e. The van der Waals surface area contributed by atoms with Crippen molar-refractivity contribution in [2.75, 3.05) is 0 Å². The first kappa shape index (κ1) is 8.63. The molecule has 1 saturated carbocycles. The number of hydrogen-bond acceptors (Lipinski definition) is 1. The molecular formula is C7H13Cl2N. The molecule has 0 heterocycles. The van der Waals surface area contributed by atoms with Crippen LogP contribution in [0.5, 0.6) is 0 Å². The van der Waals surface area contributed by atoms with E-state index in [2.05, 4.69) is 0 Å². The molecule has 0 spiro atoms. The molecule has 1 aliphatic rings. The van der Waals surface area contributed by atoms with Crippen molar-refractivity contribution in [2.24, 2.45) is 11.7 Å². The van der Waals surface area contributed by atoms with E-state index >= 15 is 0 Å². The van der Waals surface area contributed by atoms with E-state index < -0.39 is 0 Å². The highest BCUT2D eigenvalue weighted by Gasteiger charge is 2.55. The Bertz CT molecular complexity index is 136. The predicted octanol–water partition coefficient (Wildman–Crippen LogP) is 1.96. The molecular weight excluding hydrogens is 169 g/mol. The van der Waals surface area contributed by atoms with Gasteiger partial charge in [0.05, 0.1) is 0 Å². The number of alkyl halides is 2. The lowest BCUT2D eigenvalue weighted by Crippen LogP contribution is -2.35. The van der Waals surface area contributed by atoms with Crippen LogP contribution in [-0.4, -0.2) is 16.3 Å². The van der Waals surface area contributed by atoms with Gasteiger partial charge in [-0.25, -0.2) is 0 Å². The molecule has 1 nitrogen and oxygen atoms in total. The van der Waals surface area contributed by atoms with Crippen LogP contribution in [0.4, 0.5) is 0 Å². The van der Waals surface area contributed by atoms with Crippen molar-refractivity contribution in [3.8, 4) is 0 Å². The van der Waals surface area contributed by atoms with E-state index in [1.165, 1.54) is 0 Å². The van der Waals surface area contributed by atoms with Gasteiger partial charge in [0.15, 0.2) is 0 Å². The molecule has 0 radical (unpaired) electrons. The third kappa shape index (κ3) is 1.27. The van der Waals surface area contributed by atoms with Crippen molar-refractivity contribution in [3.05, 3.63) is 0 Å². The summed E-state index contributed by atoms with van der Waals surface area (Å²) in [4.78, 5) is 0. The van der Waals surface area contributed by atoms with Gasteiger partial charge in [0.25, 0.3) is 0 Å². The average molecular weight is 182 g/mol. The third-order valence-corrected chi connectivity index (χ3v) is 3.11. The maximum Gasteiger partial charge on any atom is 0.0490 e. The van der Waals surface area contributed by atoms with E-state index in [1.54, 1.807) is 0 Å². The topological polar surface area (TPSA) is 26.0 Å². The van der Waals surface area contributed by atoms with Crippen molar-refractivity contribution >= 4 is 23.2 Å². The fourth-order valence-corrected chi connectivity index (χ4v) is 1.94. The van der Waals surface area contributed by atoms with Crippen LogP contribution < -0.4 is 5.73 Å². The molecule has 3 heteroatoms. The van der Waals surface area contributed by atoms with Gasteiger partial charge in [-0.15, -0.1) is 23.2 Å². The van der Waals surface area contributed by atoms with Gasteiger partial charge in [0.2, 0.25) is 0 Å². The zero-order valence-electron chi connectivity index (χ0n) is 6.27. The number of halogens is 2. The van der Waals surface area contributed by atoms with E-state index in [1.807, 2.05) is 13.8 Å². The van der Waals surface area contributed by atoms with Crippen LogP contribution in [0.15, 0.2) is 0 Å². The molecule has 0 aromatic rings. The Morgan fingerprint density at radius 1 is 1.50 bits per heavy atom. The summed E-state index contributed by atoms with van der Waals surface area (Å²) < 4.78 is 0. The molecule has 1 fully saturated rings. The number of nitrogens with two attached hydrogens (primary N) is 1. The van der Waals surface area contributed by atoms with E-state index in [9.17, 15) is 0 Å². The Kier molecular flexibility index (Phi) is 2.20. The highest BCUT2D eigenvalue weighted by Crippen LogP contribution is 2.49. The highest BCUT2D eigenvalue weighted by atomic mass is 35.5. The Morgan fingerprint density at radius 2 is 2.00 bits per heavy atom. The molecule has 0 aliphatic heterocycles. The van der Waals surface area contributed by atoms with E-state index in [-0.39, 0.29) is 16.3 Å². The van der Waals surface area contributed by atoms with Crippen molar-refractivity contribution in [1.82, 2.24) is 0 Å². The summed E-state index contributed by atoms with van der Waals surface area (Å²) in [7, 11) is 0. The second kappa shape index (κ2) is 2.54. The molecule has 1 aliphatic carbocycles. The normalized spacial score (nSPS) is 44.7. The maximum atomic E-state index is 5.92. The molecule has 4 atom stereocenters. The smallest absolute Gasteiger partial charge is 0.0490 e. The Labute approximate surface area is 71.9 Å². The standard InChI is InChI=1S/C7H13Cl2N/c1-4(8)6-3-7(6,10)5(2)9/h4-6H,3,10H2,1-2H3. The molecule has 1 rings (SSSR count). The maximum absolute atomic E-state index is 5.92. The lowest BCUT2D eigenvalue weighted by atomic mass is 10.1. The molecule has 0 bridgehead atoms. The van der Waals surface area contributed by atoms with E-state index in [4.69, 9.17) is 28.9 Å². The minimum Gasteiger partial charge on any atom is -0.324 e. The van der Waals surface area contributed by atoms with Gasteiger partial charge in [0, 0.05) is 16.3 Å². The van der Waals surface area contributed by atoms with Crippen LogP contribution in [0.1, 0.15) is 20.3 Å². The molecule has 60 valence electrons. The lowest BCUT2D eigenvalue weighted by Gasteiger charge is -2.14. The second-order valence-electron chi connectivity index (χ2n) is 3.22. The lowest BCUT2D eigenvalue weighted by molar-refractivity contribution is 0.575. The Hall–Kier alpha value is 0.540. The van der Waals surface area contributed by atoms with Crippen LogP contribution >= 0.6 is 23.2 Å². The summed E-state index contributed by atoms with van der Waals surface area (Å²) in [6, 6.07) is 0. The summed E-state index contributed by atoms with van der Waals surface area (Å²) in [6.07, 6.45) is 0.975. The minimum absolute atomic E-state index is 0.0405. The van der Waals surface area contributed by atoms with E-state index in [0.29, 0.717) is 5.92 Å². The zero-order chi connectivity index (χ0) is 7.94. The second-order valence-corrected chi connectivity index (χ2v) is 4.56. The van der Waals surface area contributed by atoms with Gasteiger partial charge in [-0.1, -0.05) is 0 Å². The SMILES string of the molecule is CC(Cl)C1CC1(N)C(C)Cl. The summed E-state index contributed by atoms with van der Waals surface area (Å²) >= 11 is 11.7. The quantitative estimate of drug-likeness (QED) is 0.649. The zero-order valence-corrected chi connectivity index (χ0v) is 7.78. The van der Waals surface area contributed by atoms with Gasteiger partial charge >= 0.3 is 0 Å². The predicted molar refractivity (Wildman–Crippen MR) is 45.7 cm³/mol.